The Bertz CT molecular complexity index is 828. The second kappa shape index (κ2) is 10.8. The van der Waals surface area contributed by atoms with E-state index in [1.54, 1.807) is 0 Å². The second-order valence-electron chi connectivity index (χ2n) is 12.1. The molecule has 1 saturated carbocycles. The number of carbonyl (C=O) groups excluding carboxylic acids is 1. The molecule has 2 unspecified atom stereocenters. The first-order valence-corrected chi connectivity index (χ1v) is 14.2. The molecule has 4 aliphatic rings. The van der Waals surface area contributed by atoms with Gasteiger partial charge in [-0.05, 0) is 63.9 Å². The molecule has 4 heterocycles. The molecule has 0 N–H and O–H groups in total. The molecule has 2 atom stereocenters. The summed E-state index contributed by atoms with van der Waals surface area (Å²) in [6.07, 6.45) is 11.8. The number of nitrogens with zero attached hydrogens (tertiary/aromatic N) is 6. The van der Waals surface area contributed by atoms with Gasteiger partial charge >= 0.3 is 0 Å². The summed E-state index contributed by atoms with van der Waals surface area (Å²) in [5.41, 5.74) is 1.33. The van der Waals surface area contributed by atoms with E-state index < -0.39 is 0 Å². The third kappa shape index (κ3) is 5.57. The Morgan fingerprint density at radius 1 is 0.857 bits per heavy atom. The van der Waals surface area contributed by atoms with Crippen LogP contribution >= 0.6 is 0 Å². The maximum absolute atomic E-state index is 12.1. The van der Waals surface area contributed by atoms with Crippen molar-refractivity contribution in [2.24, 2.45) is 5.92 Å². The van der Waals surface area contributed by atoms with Gasteiger partial charge < -0.3 is 4.90 Å². The molecule has 7 heteroatoms. The van der Waals surface area contributed by atoms with Crippen LogP contribution in [0.15, 0.2) is 12.4 Å². The Labute approximate surface area is 212 Å². The molecule has 4 fully saturated rings. The van der Waals surface area contributed by atoms with Crippen molar-refractivity contribution in [3.63, 3.8) is 0 Å². The van der Waals surface area contributed by atoms with Crippen LogP contribution in [0.2, 0.25) is 0 Å². The normalized spacial score (nSPS) is 31.0. The van der Waals surface area contributed by atoms with Crippen molar-refractivity contribution in [1.29, 1.82) is 0 Å². The van der Waals surface area contributed by atoms with E-state index in [-0.39, 0.29) is 5.92 Å². The van der Waals surface area contributed by atoms with Crippen LogP contribution in [-0.2, 0) is 4.79 Å². The average molecular weight is 483 g/mol. The Kier molecular flexibility index (Phi) is 7.75. The lowest BCUT2D eigenvalue weighted by atomic mass is 9.82. The van der Waals surface area contributed by atoms with Crippen LogP contribution in [0.5, 0.6) is 0 Å². The molecule has 1 aromatic heterocycles. The van der Waals surface area contributed by atoms with Crippen molar-refractivity contribution >= 4 is 11.7 Å². The number of hydrogen-bond donors (Lipinski definition) is 0. The lowest BCUT2D eigenvalue weighted by Crippen LogP contribution is -2.56. The fourth-order valence-corrected chi connectivity index (χ4v) is 6.82. The molecular formula is C28H46N6O. The summed E-state index contributed by atoms with van der Waals surface area (Å²) in [5, 5.41) is 0. The van der Waals surface area contributed by atoms with Crippen molar-refractivity contribution < 1.29 is 4.79 Å². The summed E-state index contributed by atoms with van der Waals surface area (Å²) in [5.74, 6) is 2.07. The molecule has 1 aromatic rings. The van der Waals surface area contributed by atoms with Gasteiger partial charge in [0.15, 0.2) is 0 Å². The highest BCUT2D eigenvalue weighted by Gasteiger charge is 2.41. The van der Waals surface area contributed by atoms with Gasteiger partial charge in [-0.1, -0.05) is 13.8 Å². The van der Waals surface area contributed by atoms with Crippen LogP contribution in [0.3, 0.4) is 0 Å². The molecule has 0 radical (unpaired) electrons. The molecule has 5 rings (SSSR count). The van der Waals surface area contributed by atoms with Crippen LogP contribution in [0, 0.1) is 5.92 Å². The third-order valence-electron chi connectivity index (χ3n) is 9.24. The van der Waals surface area contributed by atoms with E-state index in [2.05, 4.69) is 45.8 Å². The van der Waals surface area contributed by atoms with Crippen LogP contribution in [0.1, 0.15) is 77.7 Å². The number of rotatable bonds is 7. The van der Waals surface area contributed by atoms with Gasteiger partial charge in [-0.15, -0.1) is 0 Å². The fourth-order valence-electron chi connectivity index (χ4n) is 6.82. The number of fused-ring (bicyclic) bond motifs is 2. The van der Waals surface area contributed by atoms with Crippen LogP contribution in [0.25, 0.3) is 0 Å². The summed E-state index contributed by atoms with van der Waals surface area (Å²) in [7, 11) is 0. The summed E-state index contributed by atoms with van der Waals surface area (Å²) in [4.78, 5) is 32.0. The standard InChI is InChI=1S/C28H46N6O/c1-20(2)27(35)19-31-11-13-32(14-12-31)24-7-5-22(6-8-24)23-15-29-28(30-16-23)34-25-9-10-26(34)18-33(17-25)21(3)4/h15-16,20-22,24-26H,5-14,17-19H2,1-4H3/t22-,24-,25?,26?. The Hall–Kier alpha value is -1.57. The van der Waals surface area contributed by atoms with Gasteiger partial charge in [0.25, 0.3) is 0 Å². The van der Waals surface area contributed by atoms with Gasteiger partial charge in [-0.3, -0.25) is 19.5 Å². The number of piperazine rings is 2. The smallest absolute Gasteiger partial charge is 0.225 e. The molecule has 3 aliphatic heterocycles. The van der Waals surface area contributed by atoms with Crippen molar-refractivity contribution in [2.75, 3.05) is 50.7 Å². The predicted octanol–water partition coefficient (Wildman–Crippen LogP) is 3.41. The Morgan fingerprint density at radius 2 is 1.43 bits per heavy atom. The van der Waals surface area contributed by atoms with E-state index in [4.69, 9.17) is 9.97 Å². The van der Waals surface area contributed by atoms with E-state index in [1.165, 1.54) is 44.1 Å². The average Bonchev–Trinajstić information content (AvgIpc) is 3.13. The first kappa shape index (κ1) is 25.1. The SMILES string of the molecule is CC(C)C(=O)CN1CCN([C@H]2CC[C@H](c3cnc(N4C5CCC4CN(C(C)C)C5)nc3)CC2)CC1. The number of aromatic nitrogens is 2. The monoisotopic (exact) mass is 482 g/mol. The summed E-state index contributed by atoms with van der Waals surface area (Å²) < 4.78 is 0. The van der Waals surface area contributed by atoms with Crippen LogP contribution in [-0.4, -0.2) is 100 Å². The highest BCUT2D eigenvalue weighted by atomic mass is 16.1. The molecule has 7 nitrogen and oxygen atoms in total. The first-order valence-electron chi connectivity index (χ1n) is 14.2. The number of Topliss-reactive ketones (excluding diaryl/α,β-unsaturated/α-hetero) is 1. The molecule has 0 aromatic carbocycles. The van der Waals surface area contributed by atoms with Crippen molar-refractivity contribution in [1.82, 2.24) is 24.7 Å². The minimum Gasteiger partial charge on any atom is -0.332 e. The molecule has 194 valence electrons. The Balaban J connectivity index is 1.10. The van der Waals surface area contributed by atoms with Crippen molar-refractivity contribution in [2.45, 2.75) is 96.3 Å². The van der Waals surface area contributed by atoms with Crippen LogP contribution < -0.4 is 4.90 Å². The van der Waals surface area contributed by atoms with Gasteiger partial charge in [0.05, 0.1) is 6.54 Å². The third-order valence-corrected chi connectivity index (χ3v) is 9.24. The van der Waals surface area contributed by atoms with Crippen molar-refractivity contribution in [3.05, 3.63) is 18.0 Å². The van der Waals surface area contributed by atoms with E-state index in [0.29, 0.717) is 42.4 Å². The van der Waals surface area contributed by atoms with Gasteiger partial charge in [0.1, 0.15) is 5.78 Å². The van der Waals surface area contributed by atoms with Gasteiger partial charge in [0.2, 0.25) is 5.95 Å². The highest BCUT2D eigenvalue weighted by Crippen LogP contribution is 2.37. The van der Waals surface area contributed by atoms with Crippen LogP contribution in [0.4, 0.5) is 5.95 Å². The zero-order valence-corrected chi connectivity index (χ0v) is 22.4. The van der Waals surface area contributed by atoms with E-state index in [0.717, 1.165) is 45.2 Å². The number of ketones is 1. The molecule has 0 spiro atoms. The molecule has 1 aliphatic carbocycles. The molecule has 0 amide bonds. The first-order chi connectivity index (χ1) is 16.9. The molecule has 2 bridgehead atoms. The minimum atomic E-state index is 0.145. The summed E-state index contributed by atoms with van der Waals surface area (Å²) in [6.45, 7) is 15.8. The molecular weight excluding hydrogens is 436 g/mol. The number of likely N-dealkylation sites (tertiary alicyclic amines) is 1. The Morgan fingerprint density at radius 3 is 1.97 bits per heavy atom. The molecule has 3 saturated heterocycles. The predicted molar refractivity (Wildman–Crippen MR) is 141 cm³/mol. The summed E-state index contributed by atoms with van der Waals surface area (Å²) >= 11 is 0. The number of hydrogen-bond acceptors (Lipinski definition) is 7. The largest absolute Gasteiger partial charge is 0.332 e. The molecule has 35 heavy (non-hydrogen) atoms. The van der Waals surface area contributed by atoms with Gasteiger partial charge in [-0.2, -0.15) is 0 Å². The second-order valence-corrected chi connectivity index (χ2v) is 12.1. The fraction of sp³-hybridized carbons (Fsp3) is 0.821. The van der Waals surface area contributed by atoms with Gasteiger partial charge in [0, 0.05) is 81.7 Å². The zero-order chi connectivity index (χ0) is 24.5. The van der Waals surface area contributed by atoms with E-state index in [9.17, 15) is 4.79 Å². The number of carbonyl (C=O) groups is 1. The maximum Gasteiger partial charge on any atom is 0.225 e. The topological polar surface area (TPSA) is 55.8 Å². The van der Waals surface area contributed by atoms with Gasteiger partial charge in [-0.25, -0.2) is 9.97 Å². The highest BCUT2D eigenvalue weighted by molar-refractivity contribution is 5.82. The maximum atomic E-state index is 12.1. The lowest BCUT2D eigenvalue weighted by Gasteiger charge is -2.43. The quantitative estimate of drug-likeness (QED) is 0.590. The zero-order valence-electron chi connectivity index (χ0n) is 22.4. The van der Waals surface area contributed by atoms with Crippen molar-refractivity contribution in [3.8, 4) is 0 Å². The minimum absolute atomic E-state index is 0.145. The summed E-state index contributed by atoms with van der Waals surface area (Å²) in [6, 6.07) is 2.46. The van der Waals surface area contributed by atoms with E-state index in [1.807, 2.05) is 13.8 Å². The van der Waals surface area contributed by atoms with E-state index >= 15 is 0 Å². The number of anilines is 1. The lowest BCUT2D eigenvalue weighted by molar-refractivity contribution is -0.123.